The van der Waals surface area contributed by atoms with Crippen LogP contribution >= 0.6 is 23.4 Å². The first-order valence-electron chi connectivity index (χ1n) is 7.39. The van der Waals surface area contributed by atoms with Crippen molar-refractivity contribution in [3.63, 3.8) is 0 Å². The van der Waals surface area contributed by atoms with Crippen LogP contribution in [-0.2, 0) is 6.54 Å². The molecule has 1 aromatic carbocycles. The largest absolute Gasteiger partial charge is 0.367 e. The zero-order valence-electron chi connectivity index (χ0n) is 12.8. The number of rotatable bonds is 4. The van der Waals surface area contributed by atoms with E-state index in [0.717, 1.165) is 18.1 Å². The molecule has 1 aliphatic rings. The van der Waals surface area contributed by atoms with Gasteiger partial charge in [0.05, 0.1) is 0 Å². The summed E-state index contributed by atoms with van der Waals surface area (Å²) in [6, 6.07) is 7.32. The molecule has 0 saturated carbocycles. The van der Waals surface area contributed by atoms with Gasteiger partial charge in [-0.2, -0.15) is 11.8 Å². The van der Waals surface area contributed by atoms with Gasteiger partial charge in [0.25, 0.3) is 0 Å². The number of nitrogens with one attached hydrogen (secondary N) is 1. The van der Waals surface area contributed by atoms with Crippen LogP contribution in [0.25, 0.3) is 0 Å². The Morgan fingerprint density at radius 2 is 2.15 bits per heavy atom. The van der Waals surface area contributed by atoms with Crippen molar-refractivity contribution in [2.45, 2.75) is 51.6 Å². The molecule has 112 valence electrons. The maximum atomic E-state index is 6.23. The molecule has 2 unspecified atom stereocenters. The molecule has 1 fully saturated rings. The lowest BCUT2D eigenvalue weighted by Crippen LogP contribution is -2.45. The molecule has 1 N–H and O–H groups in total. The summed E-state index contributed by atoms with van der Waals surface area (Å²) < 4.78 is 0. The smallest absolute Gasteiger partial charge is 0.0429 e. The normalized spacial score (nSPS) is 23.4. The van der Waals surface area contributed by atoms with Crippen molar-refractivity contribution < 1.29 is 0 Å². The fourth-order valence-electron chi connectivity index (χ4n) is 2.54. The molecule has 1 heterocycles. The summed E-state index contributed by atoms with van der Waals surface area (Å²) in [6.45, 7) is 11.0. The first-order valence-corrected chi connectivity index (χ1v) is 8.81. The van der Waals surface area contributed by atoms with Crippen LogP contribution in [0.5, 0.6) is 0 Å². The Morgan fingerprint density at radius 3 is 2.85 bits per heavy atom. The van der Waals surface area contributed by atoms with Crippen LogP contribution in [-0.4, -0.2) is 29.6 Å². The number of hydrogen-bond acceptors (Lipinski definition) is 3. The highest BCUT2D eigenvalue weighted by Crippen LogP contribution is 2.33. The van der Waals surface area contributed by atoms with Crippen molar-refractivity contribution in [3.8, 4) is 0 Å². The average molecular weight is 313 g/mol. The zero-order chi connectivity index (χ0) is 14.7. The van der Waals surface area contributed by atoms with Gasteiger partial charge in [-0.05, 0) is 24.6 Å². The SMILES string of the molecule is CC(C)NCc1ccc(Cl)cc1N1CCSC(C)C1C. The van der Waals surface area contributed by atoms with Crippen LogP contribution in [0.1, 0.15) is 33.3 Å². The van der Waals surface area contributed by atoms with Crippen molar-refractivity contribution in [1.82, 2.24) is 5.32 Å². The number of benzene rings is 1. The van der Waals surface area contributed by atoms with Crippen LogP contribution in [0.15, 0.2) is 18.2 Å². The number of hydrogen-bond donors (Lipinski definition) is 1. The van der Waals surface area contributed by atoms with E-state index >= 15 is 0 Å². The maximum Gasteiger partial charge on any atom is 0.0429 e. The predicted octanol–water partition coefficient (Wildman–Crippen LogP) is 4.17. The summed E-state index contributed by atoms with van der Waals surface area (Å²) in [6.07, 6.45) is 0. The molecule has 0 radical (unpaired) electrons. The molecule has 2 rings (SSSR count). The van der Waals surface area contributed by atoms with E-state index in [1.165, 1.54) is 17.0 Å². The topological polar surface area (TPSA) is 15.3 Å². The molecule has 0 aliphatic carbocycles. The summed E-state index contributed by atoms with van der Waals surface area (Å²) in [7, 11) is 0. The average Bonchev–Trinajstić information content (AvgIpc) is 2.40. The Kier molecular flexibility index (Phi) is 5.65. The zero-order valence-corrected chi connectivity index (χ0v) is 14.4. The molecule has 4 heteroatoms. The molecular weight excluding hydrogens is 288 g/mol. The van der Waals surface area contributed by atoms with E-state index in [0.29, 0.717) is 17.3 Å². The van der Waals surface area contributed by atoms with Gasteiger partial charge in [-0.25, -0.2) is 0 Å². The first-order chi connectivity index (χ1) is 9.49. The van der Waals surface area contributed by atoms with E-state index in [-0.39, 0.29) is 0 Å². The molecule has 1 aromatic rings. The number of anilines is 1. The van der Waals surface area contributed by atoms with Gasteiger partial charge in [0.15, 0.2) is 0 Å². The highest BCUT2D eigenvalue weighted by atomic mass is 35.5. The van der Waals surface area contributed by atoms with E-state index < -0.39 is 0 Å². The molecule has 0 aromatic heterocycles. The van der Waals surface area contributed by atoms with Crippen LogP contribution in [0.4, 0.5) is 5.69 Å². The van der Waals surface area contributed by atoms with Crippen molar-refractivity contribution in [2.24, 2.45) is 0 Å². The molecule has 2 atom stereocenters. The van der Waals surface area contributed by atoms with E-state index in [1.807, 2.05) is 6.07 Å². The van der Waals surface area contributed by atoms with Crippen molar-refractivity contribution in [1.29, 1.82) is 0 Å². The standard InChI is InChI=1S/C16H25ClN2S/c1-11(2)18-10-14-5-6-15(17)9-16(14)19-7-8-20-13(4)12(19)3/h5-6,9,11-13,18H,7-8,10H2,1-4H3. The quantitative estimate of drug-likeness (QED) is 0.898. The second-order valence-electron chi connectivity index (χ2n) is 5.82. The van der Waals surface area contributed by atoms with E-state index in [1.54, 1.807) is 0 Å². The number of halogens is 1. The second-order valence-corrected chi connectivity index (χ2v) is 7.74. The molecule has 0 amide bonds. The monoisotopic (exact) mass is 312 g/mol. The van der Waals surface area contributed by atoms with Gasteiger partial charge in [-0.1, -0.05) is 38.4 Å². The fraction of sp³-hybridized carbons (Fsp3) is 0.625. The van der Waals surface area contributed by atoms with Crippen LogP contribution in [0, 0.1) is 0 Å². The Morgan fingerprint density at radius 1 is 1.40 bits per heavy atom. The first kappa shape index (κ1) is 16.0. The molecule has 1 aliphatic heterocycles. The molecular formula is C16H25ClN2S. The lowest BCUT2D eigenvalue weighted by Gasteiger charge is -2.40. The van der Waals surface area contributed by atoms with Crippen LogP contribution < -0.4 is 10.2 Å². The highest BCUT2D eigenvalue weighted by Gasteiger charge is 2.26. The molecule has 1 saturated heterocycles. The van der Waals surface area contributed by atoms with Gasteiger partial charge in [0.1, 0.15) is 0 Å². The van der Waals surface area contributed by atoms with Gasteiger partial charge < -0.3 is 10.2 Å². The number of thioether (sulfide) groups is 1. The summed E-state index contributed by atoms with van der Waals surface area (Å²) in [5.41, 5.74) is 2.64. The predicted molar refractivity (Wildman–Crippen MR) is 92.2 cm³/mol. The Balaban J connectivity index is 2.26. The molecule has 0 spiro atoms. The summed E-state index contributed by atoms with van der Waals surface area (Å²) in [5.74, 6) is 1.19. The minimum atomic E-state index is 0.492. The summed E-state index contributed by atoms with van der Waals surface area (Å²) in [4.78, 5) is 2.52. The molecule has 20 heavy (non-hydrogen) atoms. The van der Waals surface area contributed by atoms with Gasteiger partial charge in [-0.15, -0.1) is 0 Å². The summed E-state index contributed by atoms with van der Waals surface area (Å²) in [5, 5.41) is 5.00. The third-order valence-corrected chi connectivity index (χ3v) is 5.51. The van der Waals surface area contributed by atoms with Crippen molar-refractivity contribution in [3.05, 3.63) is 28.8 Å². The molecule has 0 bridgehead atoms. The lowest BCUT2D eigenvalue weighted by atomic mass is 10.1. The van der Waals surface area contributed by atoms with Crippen molar-refractivity contribution >= 4 is 29.1 Å². The summed E-state index contributed by atoms with van der Waals surface area (Å²) >= 11 is 8.29. The molecule has 2 nitrogen and oxygen atoms in total. The van der Waals surface area contributed by atoms with Gasteiger partial charge in [0.2, 0.25) is 0 Å². The van der Waals surface area contributed by atoms with Gasteiger partial charge in [0, 0.05) is 46.9 Å². The highest BCUT2D eigenvalue weighted by molar-refractivity contribution is 8.00. The van der Waals surface area contributed by atoms with E-state index in [9.17, 15) is 0 Å². The van der Waals surface area contributed by atoms with Gasteiger partial charge >= 0.3 is 0 Å². The van der Waals surface area contributed by atoms with E-state index in [4.69, 9.17) is 11.6 Å². The fourth-order valence-corrected chi connectivity index (χ4v) is 3.81. The third-order valence-electron chi connectivity index (χ3n) is 3.94. The second kappa shape index (κ2) is 7.06. The number of nitrogens with zero attached hydrogens (tertiary/aromatic N) is 1. The van der Waals surface area contributed by atoms with Crippen LogP contribution in [0.2, 0.25) is 5.02 Å². The van der Waals surface area contributed by atoms with E-state index in [2.05, 4.69) is 61.8 Å². The Hall–Kier alpha value is -0.380. The minimum absolute atomic E-state index is 0.492. The Bertz CT molecular complexity index is 450. The minimum Gasteiger partial charge on any atom is -0.367 e. The third kappa shape index (κ3) is 3.84. The van der Waals surface area contributed by atoms with Crippen LogP contribution in [0.3, 0.4) is 0 Å². The van der Waals surface area contributed by atoms with Crippen molar-refractivity contribution in [2.75, 3.05) is 17.2 Å². The van der Waals surface area contributed by atoms with Gasteiger partial charge in [-0.3, -0.25) is 0 Å². The lowest BCUT2D eigenvalue weighted by molar-refractivity contribution is 0.581. The Labute approximate surface area is 132 Å². The maximum absolute atomic E-state index is 6.23.